The standard InChI is InChI=1S/C20H24N4OS/c1-14-5-4-6-18(16(14)3)23-9-7-22(8-10-23)12-17-11-19(25)24-15(2)13-26-20(24)21-17/h4-6,11,13H,7-10,12H2,1-3H3. The van der Waals surface area contributed by atoms with Crippen molar-refractivity contribution >= 4 is 22.0 Å². The van der Waals surface area contributed by atoms with Crippen LogP contribution in [0.3, 0.4) is 0 Å². The van der Waals surface area contributed by atoms with Crippen molar-refractivity contribution in [1.29, 1.82) is 0 Å². The van der Waals surface area contributed by atoms with E-state index in [9.17, 15) is 4.79 Å². The molecular formula is C20H24N4OS. The second-order valence-corrected chi connectivity index (χ2v) is 7.90. The Labute approximate surface area is 157 Å². The number of aromatic nitrogens is 2. The van der Waals surface area contributed by atoms with E-state index in [1.807, 2.05) is 12.3 Å². The highest BCUT2D eigenvalue weighted by atomic mass is 32.1. The van der Waals surface area contributed by atoms with E-state index in [2.05, 4.69) is 46.8 Å². The summed E-state index contributed by atoms with van der Waals surface area (Å²) in [5, 5.41) is 1.98. The Kier molecular flexibility index (Phi) is 4.54. The van der Waals surface area contributed by atoms with Crippen LogP contribution in [-0.2, 0) is 6.54 Å². The molecule has 26 heavy (non-hydrogen) atoms. The number of thiazole rings is 1. The molecule has 3 heterocycles. The van der Waals surface area contributed by atoms with Crippen LogP contribution in [0.4, 0.5) is 5.69 Å². The Morgan fingerprint density at radius 2 is 1.88 bits per heavy atom. The van der Waals surface area contributed by atoms with Gasteiger partial charge in [-0.25, -0.2) is 4.98 Å². The third kappa shape index (κ3) is 3.15. The van der Waals surface area contributed by atoms with E-state index < -0.39 is 0 Å². The summed E-state index contributed by atoms with van der Waals surface area (Å²) in [5.74, 6) is 0. The normalized spacial score (nSPS) is 15.7. The Balaban J connectivity index is 1.46. The molecule has 0 unspecified atom stereocenters. The fourth-order valence-electron chi connectivity index (χ4n) is 3.64. The number of hydrogen-bond acceptors (Lipinski definition) is 5. The molecule has 1 saturated heterocycles. The summed E-state index contributed by atoms with van der Waals surface area (Å²) in [5.41, 5.74) is 5.91. The van der Waals surface area contributed by atoms with E-state index in [0.717, 1.165) is 49.1 Å². The molecule has 4 rings (SSSR count). The minimum Gasteiger partial charge on any atom is -0.369 e. The lowest BCUT2D eigenvalue weighted by Gasteiger charge is -2.36. The first-order valence-corrected chi connectivity index (χ1v) is 9.91. The first kappa shape index (κ1) is 17.2. The molecule has 1 aromatic carbocycles. The van der Waals surface area contributed by atoms with Gasteiger partial charge in [-0.2, -0.15) is 0 Å². The van der Waals surface area contributed by atoms with E-state index >= 15 is 0 Å². The SMILES string of the molecule is Cc1cccc(N2CCN(Cc3cc(=O)n4c(C)csc4n3)CC2)c1C. The van der Waals surface area contributed by atoms with Crippen molar-refractivity contribution in [2.24, 2.45) is 0 Å². The molecule has 0 bridgehead atoms. The molecule has 0 aliphatic carbocycles. The largest absolute Gasteiger partial charge is 0.369 e. The van der Waals surface area contributed by atoms with Crippen molar-refractivity contribution in [2.45, 2.75) is 27.3 Å². The fraction of sp³-hybridized carbons (Fsp3) is 0.400. The second kappa shape index (κ2) is 6.85. The van der Waals surface area contributed by atoms with Crippen molar-refractivity contribution in [3.8, 4) is 0 Å². The van der Waals surface area contributed by atoms with Crippen molar-refractivity contribution < 1.29 is 0 Å². The summed E-state index contributed by atoms with van der Waals surface area (Å²) in [7, 11) is 0. The van der Waals surface area contributed by atoms with E-state index in [-0.39, 0.29) is 5.56 Å². The maximum atomic E-state index is 12.3. The lowest BCUT2D eigenvalue weighted by Crippen LogP contribution is -2.46. The number of nitrogens with zero attached hydrogens (tertiary/aromatic N) is 4. The lowest BCUT2D eigenvalue weighted by atomic mass is 10.1. The Hall–Kier alpha value is -2.18. The molecule has 1 aliphatic rings. The molecule has 136 valence electrons. The number of aryl methyl sites for hydroxylation is 2. The molecule has 2 aromatic heterocycles. The monoisotopic (exact) mass is 368 g/mol. The van der Waals surface area contributed by atoms with E-state index in [0.29, 0.717) is 0 Å². The van der Waals surface area contributed by atoms with E-state index in [1.54, 1.807) is 10.5 Å². The first-order valence-electron chi connectivity index (χ1n) is 9.03. The van der Waals surface area contributed by atoms with Crippen LogP contribution in [0.1, 0.15) is 22.5 Å². The summed E-state index contributed by atoms with van der Waals surface area (Å²) in [6.07, 6.45) is 0. The molecule has 0 N–H and O–H groups in total. The predicted octanol–water partition coefficient (Wildman–Crippen LogP) is 3.00. The fourth-order valence-corrected chi connectivity index (χ4v) is 4.53. The summed E-state index contributed by atoms with van der Waals surface area (Å²) in [6, 6.07) is 8.21. The van der Waals surface area contributed by atoms with Gasteiger partial charge in [0.05, 0.1) is 5.69 Å². The van der Waals surface area contributed by atoms with Gasteiger partial charge in [0.1, 0.15) is 0 Å². The zero-order chi connectivity index (χ0) is 18.3. The summed E-state index contributed by atoms with van der Waals surface area (Å²) < 4.78 is 1.69. The Bertz CT molecular complexity index is 999. The average Bonchev–Trinajstić information content (AvgIpc) is 3.00. The van der Waals surface area contributed by atoms with Gasteiger partial charge in [-0.05, 0) is 38.0 Å². The summed E-state index contributed by atoms with van der Waals surface area (Å²) in [4.78, 5) is 22.7. The second-order valence-electron chi connectivity index (χ2n) is 7.06. The molecule has 0 saturated carbocycles. The van der Waals surface area contributed by atoms with Gasteiger partial charge in [-0.3, -0.25) is 14.1 Å². The third-order valence-electron chi connectivity index (χ3n) is 5.30. The number of rotatable bonds is 3. The van der Waals surface area contributed by atoms with Crippen LogP contribution in [0.15, 0.2) is 34.4 Å². The van der Waals surface area contributed by atoms with Crippen LogP contribution in [0.25, 0.3) is 4.96 Å². The van der Waals surface area contributed by atoms with Crippen molar-refractivity contribution in [2.75, 3.05) is 31.1 Å². The van der Waals surface area contributed by atoms with Gasteiger partial charge < -0.3 is 4.90 Å². The van der Waals surface area contributed by atoms with E-state index in [4.69, 9.17) is 0 Å². The van der Waals surface area contributed by atoms with Gasteiger partial charge in [0.15, 0.2) is 4.96 Å². The highest BCUT2D eigenvalue weighted by Gasteiger charge is 2.19. The Morgan fingerprint density at radius 3 is 2.65 bits per heavy atom. The maximum absolute atomic E-state index is 12.3. The van der Waals surface area contributed by atoms with E-state index in [1.165, 1.54) is 28.2 Å². The van der Waals surface area contributed by atoms with Gasteiger partial charge >= 0.3 is 0 Å². The predicted molar refractivity (Wildman–Crippen MR) is 107 cm³/mol. The number of benzene rings is 1. The highest BCUT2D eigenvalue weighted by molar-refractivity contribution is 7.15. The lowest BCUT2D eigenvalue weighted by molar-refractivity contribution is 0.247. The quantitative estimate of drug-likeness (QED) is 0.713. The molecular weight excluding hydrogens is 344 g/mol. The first-order chi connectivity index (χ1) is 12.5. The average molecular weight is 369 g/mol. The molecule has 0 radical (unpaired) electrons. The maximum Gasteiger partial charge on any atom is 0.259 e. The molecule has 6 heteroatoms. The van der Waals surface area contributed by atoms with Crippen LogP contribution in [0.5, 0.6) is 0 Å². The van der Waals surface area contributed by atoms with Crippen LogP contribution in [0.2, 0.25) is 0 Å². The molecule has 0 spiro atoms. The zero-order valence-corrected chi connectivity index (χ0v) is 16.3. The molecule has 5 nitrogen and oxygen atoms in total. The van der Waals surface area contributed by atoms with Crippen molar-refractivity contribution in [3.05, 3.63) is 62.5 Å². The molecule has 1 aliphatic heterocycles. The van der Waals surface area contributed by atoms with Gasteiger partial charge in [-0.15, -0.1) is 11.3 Å². The van der Waals surface area contributed by atoms with Crippen LogP contribution < -0.4 is 10.5 Å². The van der Waals surface area contributed by atoms with Gasteiger partial charge in [0, 0.05) is 55.6 Å². The Morgan fingerprint density at radius 1 is 1.12 bits per heavy atom. The van der Waals surface area contributed by atoms with Crippen LogP contribution in [0, 0.1) is 20.8 Å². The molecule has 1 fully saturated rings. The van der Waals surface area contributed by atoms with Gasteiger partial charge in [0.2, 0.25) is 0 Å². The third-order valence-corrected chi connectivity index (χ3v) is 6.25. The molecule has 0 atom stereocenters. The minimum absolute atomic E-state index is 0.0257. The number of hydrogen-bond donors (Lipinski definition) is 0. The summed E-state index contributed by atoms with van der Waals surface area (Å²) in [6.45, 7) is 11.0. The smallest absolute Gasteiger partial charge is 0.259 e. The number of piperazine rings is 1. The van der Waals surface area contributed by atoms with Crippen LogP contribution in [-0.4, -0.2) is 40.5 Å². The number of anilines is 1. The van der Waals surface area contributed by atoms with Gasteiger partial charge in [-0.1, -0.05) is 12.1 Å². The number of fused-ring (bicyclic) bond motifs is 1. The van der Waals surface area contributed by atoms with Crippen molar-refractivity contribution in [3.63, 3.8) is 0 Å². The minimum atomic E-state index is 0.0257. The molecule has 3 aromatic rings. The van der Waals surface area contributed by atoms with Crippen LogP contribution >= 0.6 is 11.3 Å². The highest BCUT2D eigenvalue weighted by Crippen LogP contribution is 2.24. The topological polar surface area (TPSA) is 40.9 Å². The van der Waals surface area contributed by atoms with Crippen molar-refractivity contribution in [1.82, 2.24) is 14.3 Å². The summed E-state index contributed by atoms with van der Waals surface area (Å²) >= 11 is 1.53. The zero-order valence-electron chi connectivity index (χ0n) is 15.5. The van der Waals surface area contributed by atoms with Gasteiger partial charge in [0.25, 0.3) is 5.56 Å². The molecule has 0 amide bonds.